The number of carbonyl (C=O) groups is 1. The minimum absolute atomic E-state index is 0.0178. The van der Waals surface area contributed by atoms with Gasteiger partial charge >= 0.3 is 0 Å². The largest absolute Gasteiger partial charge is 0.353 e. The summed E-state index contributed by atoms with van der Waals surface area (Å²) in [5.41, 5.74) is 1.17. The Balaban J connectivity index is 1.42. The standard InChI is InChI=1S/C21H22ClN5O2S/c22-13-6-8-15(9-7-13)27-19-17(11-23-27)20(29)26-16(12-30-21(26)25-19)10-18(28)24-14-4-2-1-3-5-14/h6-9,11,14,16H,1-5,10,12H2,(H,24,28). The van der Waals surface area contributed by atoms with Crippen LogP contribution in [0.15, 0.2) is 40.4 Å². The molecule has 5 rings (SSSR count). The Kier molecular flexibility index (Phi) is 5.28. The van der Waals surface area contributed by atoms with E-state index < -0.39 is 0 Å². The Morgan fingerprint density at radius 2 is 1.97 bits per heavy atom. The highest BCUT2D eigenvalue weighted by Gasteiger charge is 2.30. The van der Waals surface area contributed by atoms with E-state index in [4.69, 9.17) is 16.6 Å². The first-order chi connectivity index (χ1) is 14.6. The average Bonchev–Trinajstić information content (AvgIpc) is 3.34. The molecule has 1 amide bonds. The molecule has 9 heteroatoms. The Hall–Kier alpha value is -2.32. The van der Waals surface area contributed by atoms with E-state index in [1.165, 1.54) is 31.0 Å². The van der Waals surface area contributed by atoms with Crippen LogP contribution >= 0.6 is 23.4 Å². The van der Waals surface area contributed by atoms with Gasteiger partial charge < -0.3 is 5.32 Å². The highest BCUT2D eigenvalue weighted by Crippen LogP contribution is 2.33. The molecule has 0 bridgehead atoms. The third-order valence-electron chi connectivity index (χ3n) is 5.83. The summed E-state index contributed by atoms with van der Waals surface area (Å²) in [6.45, 7) is 0. The van der Waals surface area contributed by atoms with Crippen LogP contribution in [0.1, 0.15) is 44.6 Å². The minimum Gasteiger partial charge on any atom is -0.353 e. The maximum atomic E-state index is 13.2. The van der Waals surface area contributed by atoms with E-state index in [1.807, 2.05) is 12.1 Å². The molecule has 2 aromatic heterocycles. The lowest BCUT2D eigenvalue weighted by Crippen LogP contribution is -2.38. The number of hydrogen-bond acceptors (Lipinski definition) is 5. The molecule has 0 spiro atoms. The maximum absolute atomic E-state index is 13.2. The molecule has 1 atom stereocenters. The number of amides is 1. The summed E-state index contributed by atoms with van der Waals surface area (Å²) >= 11 is 7.49. The van der Waals surface area contributed by atoms with Gasteiger partial charge in [0.05, 0.1) is 17.9 Å². The van der Waals surface area contributed by atoms with Gasteiger partial charge in [0.1, 0.15) is 5.39 Å². The summed E-state index contributed by atoms with van der Waals surface area (Å²) in [5.74, 6) is 0.686. The van der Waals surface area contributed by atoms with Crippen LogP contribution in [0.2, 0.25) is 5.02 Å². The first-order valence-corrected chi connectivity index (χ1v) is 11.6. The summed E-state index contributed by atoms with van der Waals surface area (Å²) in [7, 11) is 0. The molecule has 1 unspecified atom stereocenters. The van der Waals surface area contributed by atoms with E-state index >= 15 is 0 Å². The predicted octanol–water partition coefficient (Wildman–Crippen LogP) is 3.72. The van der Waals surface area contributed by atoms with Gasteiger partial charge in [0.15, 0.2) is 10.8 Å². The fourth-order valence-electron chi connectivity index (χ4n) is 4.30. The van der Waals surface area contributed by atoms with Crippen molar-refractivity contribution in [3.63, 3.8) is 0 Å². The zero-order valence-electron chi connectivity index (χ0n) is 16.4. The van der Waals surface area contributed by atoms with Gasteiger partial charge in [0.2, 0.25) is 5.91 Å². The fourth-order valence-corrected chi connectivity index (χ4v) is 5.56. The first-order valence-electron chi connectivity index (χ1n) is 10.3. The van der Waals surface area contributed by atoms with Crippen LogP contribution in [0, 0.1) is 0 Å². The van der Waals surface area contributed by atoms with E-state index in [9.17, 15) is 9.59 Å². The number of nitrogens with zero attached hydrogens (tertiary/aromatic N) is 4. The van der Waals surface area contributed by atoms with Gasteiger partial charge in [0, 0.05) is 23.2 Å². The number of rotatable bonds is 4. The second-order valence-corrected chi connectivity index (χ2v) is 9.33. The third-order valence-corrected chi connectivity index (χ3v) is 7.18. The molecule has 30 heavy (non-hydrogen) atoms. The van der Waals surface area contributed by atoms with Crippen LogP contribution in [-0.2, 0) is 4.79 Å². The van der Waals surface area contributed by atoms with Gasteiger partial charge in [-0.15, -0.1) is 0 Å². The van der Waals surface area contributed by atoms with E-state index in [0.29, 0.717) is 33.4 Å². The quantitative estimate of drug-likeness (QED) is 0.621. The summed E-state index contributed by atoms with van der Waals surface area (Å²) in [6, 6.07) is 7.33. The number of nitrogens with one attached hydrogen (secondary N) is 1. The van der Waals surface area contributed by atoms with Crippen molar-refractivity contribution >= 4 is 40.3 Å². The summed E-state index contributed by atoms with van der Waals surface area (Å²) in [5, 5.41) is 9.25. The molecule has 1 N–H and O–H groups in total. The van der Waals surface area contributed by atoms with Crippen LogP contribution in [0.3, 0.4) is 0 Å². The smallest absolute Gasteiger partial charge is 0.265 e. The van der Waals surface area contributed by atoms with Gasteiger partial charge in [-0.1, -0.05) is 42.6 Å². The molecule has 1 saturated carbocycles. The summed E-state index contributed by atoms with van der Waals surface area (Å²) < 4.78 is 3.32. The molecule has 0 saturated heterocycles. The summed E-state index contributed by atoms with van der Waals surface area (Å²) in [4.78, 5) is 30.5. The molecular formula is C21H22ClN5O2S. The van der Waals surface area contributed by atoms with Gasteiger partial charge in [-0.3, -0.25) is 14.2 Å². The van der Waals surface area contributed by atoms with Crippen molar-refractivity contribution in [2.75, 3.05) is 5.75 Å². The molecular weight excluding hydrogens is 422 g/mol. The predicted molar refractivity (Wildman–Crippen MR) is 118 cm³/mol. The number of thioether (sulfide) groups is 1. The van der Waals surface area contributed by atoms with E-state index in [0.717, 1.165) is 18.5 Å². The Morgan fingerprint density at radius 1 is 1.20 bits per heavy atom. The van der Waals surface area contributed by atoms with Crippen molar-refractivity contribution in [2.45, 2.75) is 55.8 Å². The summed E-state index contributed by atoms with van der Waals surface area (Å²) in [6.07, 6.45) is 7.54. The molecule has 1 aromatic carbocycles. The van der Waals surface area contributed by atoms with E-state index in [-0.39, 0.29) is 23.6 Å². The molecule has 156 valence electrons. The lowest BCUT2D eigenvalue weighted by Gasteiger charge is -2.23. The van der Waals surface area contributed by atoms with Crippen molar-refractivity contribution in [3.05, 3.63) is 45.8 Å². The Morgan fingerprint density at radius 3 is 2.73 bits per heavy atom. The highest BCUT2D eigenvalue weighted by molar-refractivity contribution is 7.99. The number of halogens is 1. The second kappa shape index (κ2) is 8.07. The molecule has 1 aliphatic carbocycles. The van der Waals surface area contributed by atoms with Crippen molar-refractivity contribution in [1.82, 2.24) is 24.6 Å². The van der Waals surface area contributed by atoms with Crippen LogP contribution in [-0.4, -0.2) is 37.0 Å². The van der Waals surface area contributed by atoms with Crippen molar-refractivity contribution in [2.24, 2.45) is 0 Å². The fraction of sp³-hybridized carbons (Fsp3) is 0.429. The van der Waals surface area contributed by atoms with Crippen LogP contribution in [0.4, 0.5) is 0 Å². The number of fused-ring (bicyclic) bond motifs is 2. The average molecular weight is 444 g/mol. The lowest BCUT2D eigenvalue weighted by molar-refractivity contribution is -0.122. The van der Waals surface area contributed by atoms with Crippen LogP contribution < -0.4 is 10.9 Å². The zero-order valence-corrected chi connectivity index (χ0v) is 18.0. The van der Waals surface area contributed by atoms with E-state index in [2.05, 4.69) is 10.4 Å². The normalized spacial score (nSPS) is 19.2. The number of carbonyl (C=O) groups excluding carboxylic acids is 1. The monoisotopic (exact) mass is 443 g/mol. The van der Waals surface area contributed by atoms with Crippen molar-refractivity contribution < 1.29 is 4.79 Å². The molecule has 0 radical (unpaired) electrons. The number of benzene rings is 1. The molecule has 3 heterocycles. The van der Waals surface area contributed by atoms with E-state index in [1.54, 1.807) is 27.6 Å². The second-order valence-electron chi connectivity index (χ2n) is 7.91. The van der Waals surface area contributed by atoms with Gasteiger partial charge in [0.25, 0.3) is 5.56 Å². The highest BCUT2D eigenvalue weighted by atomic mass is 35.5. The van der Waals surface area contributed by atoms with Gasteiger partial charge in [-0.2, -0.15) is 5.10 Å². The zero-order chi connectivity index (χ0) is 20.7. The first kappa shape index (κ1) is 19.6. The molecule has 1 fully saturated rings. The SMILES string of the molecule is O=C(CC1CSc2nc3c(cnn3-c3ccc(Cl)cc3)c(=O)n21)NC1CCCCC1. The molecule has 2 aliphatic rings. The van der Waals surface area contributed by atoms with Crippen molar-refractivity contribution in [1.29, 1.82) is 0 Å². The topological polar surface area (TPSA) is 81.8 Å². The van der Waals surface area contributed by atoms with Crippen LogP contribution in [0.5, 0.6) is 0 Å². The molecule has 3 aromatic rings. The molecule has 1 aliphatic heterocycles. The minimum atomic E-state index is -0.183. The third kappa shape index (κ3) is 3.63. The van der Waals surface area contributed by atoms with Crippen LogP contribution in [0.25, 0.3) is 16.7 Å². The Labute approximate surface area is 182 Å². The van der Waals surface area contributed by atoms with Gasteiger partial charge in [-0.25, -0.2) is 9.67 Å². The number of aromatic nitrogens is 4. The van der Waals surface area contributed by atoms with Gasteiger partial charge in [-0.05, 0) is 37.1 Å². The molecule has 7 nitrogen and oxygen atoms in total. The number of hydrogen-bond donors (Lipinski definition) is 1. The Bertz CT molecular complexity index is 1150. The lowest BCUT2D eigenvalue weighted by atomic mass is 9.95. The van der Waals surface area contributed by atoms with Crippen molar-refractivity contribution in [3.8, 4) is 5.69 Å². The maximum Gasteiger partial charge on any atom is 0.265 e.